The van der Waals surface area contributed by atoms with Gasteiger partial charge in [-0.2, -0.15) is 0 Å². The van der Waals surface area contributed by atoms with E-state index >= 15 is 0 Å². The summed E-state index contributed by atoms with van der Waals surface area (Å²) in [5.74, 6) is 1.71. The van der Waals surface area contributed by atoms with Gasteiger partial charge < -0.3 is 81.7 Å². The van der Waals surface area contributed by atoms with Crippen LogP contribution >= 0.6 is 0 Å². The molecule has 10 N–H and O–H groups in total. The maximum atomic E-state index is 13.6. The predicted octanol–water partition coefficient (Wildman–Crippen LogP) is 10.4. The maximum absolute atomic E-state index is 13.6. The number of carbonyl (C=O) groups is 3. The summed E-state index contributed by atoms with van der Waals surface area (Å²) in [4.78, 5) is 72.6. The van der Waals surface area contributed by atoms with Crippen LogP contribution in [0.4, 0.5) is 67.3 Å². The van der Waals surface area contributed by atoms with E-state index in [1.54, 1.807) is 26.6 Å². The summed E-state index contributed by atoms with van der Waals surface area (Å²) in [6.07, 6.45) is 19.9. The van der Waals surface area contributed by atoms with Gasteiger partial charge in [-0.05, 0) is 121 Å². The third-order valence-electron chi connectivity index (χ3n) is 21.0. The average molecular weight is 1490 g/mol. The van der Waals surface area contributed by atoms with E-state index in [1.807, 2.05) is 154 Å². The first-order valence-electron chi connectivity index (χ1n) is 37.1. The molecule has 29 heteroatoms. The van der Waals surface area contributed by atoms with E-state index in [1.165, 1.54) is 12.1 Å². The molecule has 6 aliphatic heterocycles. The van der Waals surface area contributed by atoms with Crippen molar-refractivity contribution in [1.82, 2.24) is 59.1 Å². The highest BCUT2D eigenvalue weighted by atomic mass is 19.1. The third kappa shape index (κ3) is 15.2. The second-order valence-electron chi connectivity index (χ2n) is 27.7. The highest BCUT2D eigenvalue weighted by Gasteiger charge is 2.32. The molecule has 3 fully saturated rings. The van der Waals surface area contributed by atoms with Crippen molar-refractivity contribution in [1.29, 1.82) is 0 Å². The van der Waals surface area contributed by atoms with Crippen LogP contribution in [0.25, 0.3) is 50.7 Å². The lowest BCUT2D eigenvalue weighted by Gasteiger charge is -2.32. The molecule has 9 aromatic heterocycles. The number of morpholine rings is 1. The van der Waals surface area contributed by atoms with E-state index in [4.69, 9.17) is 14.2 Å². The van der Waals surface area contributed by atoms with Gasteiger partial charge in [0.1, 0.15) is 40.2 Å². The number of aliphatic hydroxyl groups is 2. The molecule has 3 amide bonds. The molecule has 0 spiro atoms. The van der Waals surface area contributed by atoms with Crippen molar-refractivity contribution in [2.45, 2.75) is 51.4 Å². The minimum atomic E-state index is -0.343. The number of amides is 3. The van der Waals surface area contributed by atoms with Gasteiger partial charge in [-0.25, -0.2) is 34.3 Å². The van der Waals surface area contributed by atoms with Crippen LogP contribution in [0.2, 0.25) is 0 Å². The van der Waals surface area contributed by atoms with E-state index in [0.717, 1.165) is 193 Å². The molecule has 3 aromatic carbocycles. The Balaban J connectivity index is 0.000000125. The van der Waals surface area contributed by atoms with Gasteiger partial charge in [-0.1, -0.05) is 18.2 Å². The molecular formula is C81H85FN20O8. The van der Waals surface area contributed by atoms with Crippen LogP contribution in [0, 0.1) is 11.7 Å². The number of piperidine rings is 2. The molecule has 15 heterocycles. The molecule has 564 valence electrons. The van der Waals surface area contributed by atoms with Gasteiger partial charge in [0.2, 0.25) is 0 Å². The maximum Gasteiger partial charge on any atom is 0.254 e. The Labute approximate surface area is 633 Å². The number of hydrogen-bond acceptors (Lipinski definition) is 22. The summed E-state index contributed by atoms with van der Waals surface area (Å²) in [5, 5.41) is 44.6. The number of ether oxygens (including phenoxy) is 3. The van der Waals surface area contributed by atoms with Gasteiger partial charge in [0.05, 0.1) is 138 Å². The summed E-state index contributed by atoms with van der Waals surface area (Å²) in [7, 11) is 3.37. The van der Waals surface area contributed by atoms with Crippen molar-refractivity contribution in [3.8, 4) is 33.8 Å². The van der Waals surface area contributed by atoms with Crippen molar-refractivity contribution in [2.75, 3.05) is 141 Å². The lowest BCUT2D eigenvalue weighted by Crippen LogP contribution is -2.36. The number of nitrogens with one attached hydrogen (secondary N) is 8. The normalized spacial score (nSPS) is 15.5. The lowest BCUT2D eigenvalue weighted by atomic mass is 9.98. The first-order valence-corrected chi connectivity index (χ1v) is 37.1. The zero-order valence-corrected chi connectivity index (χ0v) is 61.0. The monoisotopic (exact) mass is 1480 g/mol. The van der Waals surface area contributed by atoms with Crippen molar-refractivity contribution < 1.29 is 43.2 Å². The minimum absolute atomic E-state index is 0.0947. The first-order chi connectivity index (χ1) is 53.9. The van der Waals surface area contributed by atoms with Gasteiger partial charge >= 0.3 is 0 Å². The number of pyridine rings is 6. The minimum Gasteiger partial charge on any atom is -0.396 e. The van der Waals surface area contributed by atoms with Crippen molar-refractivity contribution in [3.05, 3.63) is 204 Å². The average Bonchev–Trinajstić information content (AvgIpc) is 1.61. The zero-order chi connectivity index (χ0) is 75.2. The fourth-order valence-corrected chi connectivity index (χ4v) is 15.1. The molecule has 28 nitrogen and oxygen atoms in total. The Morgan fingerprint density at radius 2 is 0.855 bits per heavy atom. The Morgan fingerprint density at radius 3 is 1.24 bits per heavy atom. The summed E-state index contributed by atoms with van der Waals surface area (Å²) in [6.45, 7) is 10.9. The summed E-state index contributed by atoms with van der Waals surface area (Å²) >= 11 is 0. The second-order valence-corrected chi connectivity index (χ2v) is 27.7. The Morgan fingerprint density at radius 1 is 0.473 bits per heavy atom. The molecule has 0 atom stereocenters. The molecule has 0 unspecified atom stereocenters. The van der Waals surface area contributed by atoms with E-state index in [2.05, 4.69) is 87.1 Å². The van der Waals surface area contributed by atoms with E-state index in [0.29, 0.717) is 84.2 Å². The Kier molecular flexibility index (Phi) is 21.1. The summed E-state index contributed by atoms with van der Waals surface area (Å²) in [6, 6.07) is 34.5. The molecule has 18 rings (SSSR count). The molecule has 0 bridgehead atoms. The number of benzene rings is 3. The first kappa shape index (κ1) is 71.9. The highest BCUT2D eigenvalue weighted by Crippen LogP contribution is 2.40. The van der Waals surface area contributed by atoms with Crippen LogP contribution in [0.1, 0.15) is 73.4 Å². The number of carbonyl (C=O) groups excluding carboxylic acids is 3. The molecule has 6 aliphatic rings. The Bertz CT molecular complexity index is 5340. The number of nitrogens with zero attached hydrogens (tertiary/aromatic N) is 12. The summed E-state index contributed by atoms with van der Waals surface area (Å²) < 4.78 is 35.2. The van der Waals surface area contributed by atoms with E-state index in [9.17, 15) is 29.0 Å². The quantitative estimate of drug-likeness (QED) is 0.0299. The lowest BCUT2D eigenvalue weighted by molar-refractivity contribution is 0.0958. The second kappa shape index (κ2) is 32.3. The smallest absolute Gasteiger partial charge is 0.254 e. The van der Waals surface area contributed by atoms with Crippen LogP contribution < -0.4 is 57.2 Å². The number of aliphatic hydroxyl groups excluding tert-OH is 2. The van der Waals surface area contributed by atoms with Gasteiger partial charge in [0.25, 0.3) is 17.7 Å². The van der Waals surface area contributed by atoms with Crippen LogP contribution in [-0.4, -0.2) is 177 Å². The van der Waals surface area contributed by atoms with Crippen molar-refractivity contribution in [2.24, 2.45) is 5.92 Å². The predicted molar refractivity (Wildman–Crippen MR) is 421 cm³/mol. The zero-order valence-electron chi connectivity index (χ0n) is 61.0. The number of aromatic nitrogens is 9. The fraction of sp³-hybridized carbons (Fsp3) is 0.296. The largest absolute Gasteiger partial charge is 0.396 e. The van der Waals surface area contributed by atoms with Crippen LogP contribution in [0.15, 0.2) is 165 Å². The van der Waals surface area contributed by atoms with Crippen molar-refractivity contribution in [3.63, 3.8) is 0 Å². The number of rotatable bonds is 21. The van der Waals surface area contributed by atoms with Gasteiger partial charge in [-0.15, -0.1) is 0 Å². The van der Waals surface area contributed by atoms with Crippen LogP contribution in [-0.2, 0) is 33.8 Å². The SMILES string of the molecule is COCCNc1ccn2c(-c3ccc(Nc4ccc(N5CCC(O)CC5)cn4)c4c3CNC4=O)cnc2c1.COCCNc1ccn2c(-c3ccc(Nc4ccc(N5CCOCC5)cn4)c4c3CNC4=O)cnc2c1.O=C1NCc2c(-c3cnc4cc(F)ccn34)ccc(Nc3ccc(N4CCC(CO)CC4)cn3)c21. The highest BCUT2D eigenvalue weighted by molar-refractivity contribution is 6.08. The molecule has 12 aromatic rings. The molecular weight excluding hydrogens is 1400 g/mol. The Hall–Kier alpha value is -12.3. The van der Waals surface area contributed by atoms with Gasteiger partial charge in [-0.3, -0.25) is 27.6 Å². The molecule has 0 aliphatic carbocycles. The standard InChI is InChI=1S/C28H31N7O3.C27H29N7O3.C26H25FN6O2/c1-38-13-9-29-18-6-12-35-24(17-31-26(35)14-18)21-3-4-23(27-22(21)16-32-28(27)37)33-25-5-2-19(15-30-25)34-10-7-20(36)8-11-34;1-36-11-7-28-18-6-8-34-23(17-30-25(34)14-18)20-3-4-22(26-21(20)16-31-27(26)35)32-24-5-2-19(15-29-24)33-9-12-37-13-10-33;27-17-7-10-33-22(14-29-24(33)11-17)19-2-3-21(25-20(19)13-30-26(25)35)31-23-4-1-18(12-28-23)32-8-5-16(15-34)6-9-32/h2-6,12,14-15,17,20,29,36H,7-11,13,16H2,1H3,(H,30,33)(H,32,37);2-6,8,14-15,17,28H,7,9-13,16H2,1H3,(H,29,32)(H,31,35);1-4,7,10-12,14,16,34H,5-6,8-9,13,15H2,(H,28,31)(H,30,35). The number of methoxy groups -OCH3 is 2. The molecule has 0 radical (unpaired) electrons. The van der Waals surface area contributed by atoms with E-state index in [-0.39, 0.29) is 36.2 Å². The fourth-order valence-electron chi connectivity index (χ4n) is 15.1. The molecule has 0 saturated carbocycles. The molecule has 3 saturated heterocycles. The number of halogens is 1. The van der Waals surface area contributed by atoms with Gasteiger partial charge in [0.15, 0.2) is 0 Å². The molecule has 110 heavy (non-hydrogen) atoms. The van der Waals surface area contributed by atoms with Gasteiger partial charge in [0, 0.05) is 158 Å². The summed E-state index contributed by atoms with van der Waals surface area (Å²) in [5.41, 5.74) is 19.5. The number of fused-ring (bicyclic) bond motifs is 6. The van der Waals surface area contributed by atoms with E-state index < -0.39 is 0 Å². The van der Waals surface area contributed by atoms with Crippen LogP contribution in [0.5, 0.6) is 0 Å². The van der Waals surface area contributed by atoms with Crippen LogP contribution in [0.3, 0.4) is 0 Å². The van der Waals surface area contributed by atoms with Crippen molar-refractivity contribution >= 4 is 97.6 Å². The third-order valence-corrected chi connectivity index (χ3v) is 21.0. The number of anilines is 11. The topological polar surface area (TPSA) is 316 Å². The number of hydrogen-bond donors (Lipinski definition) is 10. The number of imidazole rings is 3.